The SMILES string of the molecule is CCC[C@H]1C[C@H]1NC(=O)Cc1csc(C(C)(C)C)n1. The molecule has 1 aromatic rings. The zero-order chi connectivity index (χ0) is 14.0. The summed E-state index contributed by atoms with van der Waals surface area (Å²) in [6.45, 7) is 8.64. The van der Waals surface area contributed by atoms with E-state index in [4.69, 9.17) is 0 Å². The molecule has 1 aromatic heterocycles. The first kappa shape index (κ1) is 14.5. The highest BCUT2D eigenvalue weighted by Gasteiger charge is 2.37. The number of nitrogens with zero attached hydrogens (tertiary/aromatic N) is 1. The monoisotopic (exact) mass is 280 g/mol. The summed E-state index contributed by atoms with van der Waals surface area (Å²) in [5.41, 5.74) is 0.974. The number of rotatable bonds is 5. The summed E-state index contributed by atoms with van der Waals surface area (Å²) in [7, 11) is 0. The Morgan fingerprint density at radius 3 is 2.84 bits per heavy atom. The second-order valence-electron chi connectivity index (χ2n) is 6.53. The number of carbonyl (C=O) groups excluding carboxylic acids is 1. The second kappa shape index (κ2) is 5.61. The Balaban J connectivity index is 1.81. The molecule has 0 spiro atoms. The highest BCUT2D eigenvalue weighted by molar-refractivity contribution is 7.09. The molecule has 1 heterocycles. The maximum Gasteiger partial charge on any atom is 0.226 e. The smallest absolute Gasteiger partial charge is 0.226 e. The van der Waals surface area contributed by atoms with E-state index in [2.05, 4.69) is 38.0 Å². The molecule has 3 nitrogen and oxygen atoms in total. The van der Waals surface area contributed by atoms with Gasteiger partial charge in [0, 0.05) is 16.8 Å². The lowest BCUT2D eigenvalue weighted by Gasteiger charge is -2.13. The summed E-state index contributed by atoms with van der Waals surface area (Å²) < 4.78 is 0. The van der Waals surface area contributed by atoms with E-state index >= 15 is 0 Å². The van der Waals surface area contributed by atoms with Crippen LogP contribution in [0.4, 0.5) is 0 Å². The van der Waals surface area contributed by atoms with Crippen LogP contribution in [0.25, 0.3) is 0 Å². The van der Waals surface area contributed by atoms with Crippen molar-refractivity contribution < 1.29 is 4.79 Å². The Labute approximate surface area is 119 Å². The number of carbonyl (C=O) groups is 1. The molecule has 1 aliphatic rings. The van der Waals surface area contributed by atoms with Crippen molar-refractivity contribution in [1.29, 1.82) is 0 Å². The predicted octanol–water partition coefficient (Wildman–Crippen LogP) is 3.29. The largest absolute Gasteiger partial charge is 0.353 e. The van der Waals surface area contributed by atoms with Gasteiger partial charge in [0.1, 0.15) is 0 Å². The molecular weight excluding hydrogens is 256 g/mol. The fourth-order valence-corrected chi connectivity index (χ4v) is 3.18. The molecule has 1 fully saturated rings. The van der Waals surface area contributed by atoms with Crippen molar-refractivity contribution in [3.8, 4) is 0 Å². The highest BCUT2D eigenvalue weighted by atomic mass is 32.1. The van der Waals surface area contributed by atoms with Crippen LogP contribution in [-0.4, -0.2) is 16.9 Å². The topological polar surface area (TPSA) is 42.0 Å². The third-order valence-electron chi connectivity index (χ3n) is 3.46. The van der Waals surface area contributed by atoms with Crippen molar-refractivity contribution in [2.75, 3.05) is 0 Å². The van der Waals surface area contributed by atoms with Gasteiger partial charge in [-0.25, -0.2) is 4.98 Å². The van der Waals surface area contributed by atoms with E-state index in [1.807, 2.05) is 5.38 Å². The van der Waals surface area contributed by atoms with E-state index in [9.17, 15) is 4.79 Å². The Kier molecular flexibility index (Phi) is 4.29. The number of hydrogen-bond acceptors (Lipinski definition) is 3. The van der Waals surface area contributed by atoms with E-state index in [0.29, 0.717) is 12.5 Å². The molecule has 0 aromatic carbocycles. The van der Waals surface area contributed by atoms with Crippen molar-refractivity contribution in [3.05, 3.63) is 16.1 Å². The van der Waals surface area contributed by atoms with E-state index < -0.39 is 0 Å². The first-order valence-corrected chi connectivity index (χ1v) is 8.02. The van der Waals surface area contributed by atoms with Gasteiger partial charge in [-0.3, -0.25) is 4.79 Å². The molecule has 19 heavy (non-hydrogen) atoms. The van der Waals surface area contributed by atoms with Crippen molar-refractivity contribution in [3.63, 3.8) is 0 Å². The summed E-state index contributed by atoms with van der Waals surface area (Å²) in [6.07, 6.45) is 4.01. The van der Waals surface area contributed by atoms with Gasteiger partial charge in [0.25, 0.3) is 0 Å². The molecular formula is C15H24N2OS. The van der Waals surface area contributed by atoms with E-state index in [0.717, 1.165) is 23.0 Å². The quantitative estimate of drug-likeness (QED) is 0.899. The fraction of sp³-hybridized carbons (Fsp3) is 0.733. The Morgan fingerprint density at radius 2 is 2.26 bits per heavy atom. The van der Waals surface area contributed by atoms with Crippen LogP contribution in [0.5, 0.6) is 0 Å². The second-order valence-corrected chi connectivity index (χ2v) is 7.39. The van der Waals surface area contributed by atoms with Gasteiger partial charge in [-0.1, -0.05) is 34.1 Å². The maximum absolute atomic E-state index is 11.9. The molecule has 0 bridgehead atoms. The summed E-state index contributed by atoms with van der Waals surface area (Å²) in [5, 5.41) is 6.22. The summed E-state index contributed by atoms with van der Waals surface area (Å²) in [6, 6.07) is 0.424. The van der Waals surface area contributed by atoms with Gasteiger partial charge in [0.2, 0.25) is 5.91 Å². The van der Waals surface area contributed by atoms with E-state index in [1.165, 1.54) is 12.8 Å². The predicted molar refractivity (Wildman–Crippen MR) is 79.5 cm³/mol. The van der Waals surface area contributed by atoms with Gasteiger partial charge in [0.15, 0.2) is 0 Å². The average molecular weight is 280 g/mol. The van der Waals surface area contributed by atoms with Gasteiger partial charge in [-0.05, 0) is 18.8 Å². The third kappa shape index (κ3) is 4.03. The maximum atomic E-state index is 11.9. The summed E-state index contributed by atoms with van der Waals surface area (Å²) >= 11 is 1.65. The lowest BCUT2D eigenvalue weighted by molar-refractivity contribution is -0.120. The first-order valence-electron chi connectivity index (χ1n) is 7.14. The van der Waals surface area contributed by atoms with Crippen LogP contribution in [-0.2, 0) is 16.6 Å². The standard InChI is InChI=1S/C15H24N2OS/c1-5-6-10-7-12(10)17-13(18)8-11-9-19-14(16-11)15(2,3)4/h9-10,12H,5-8H2,1-4H3,(H,17,18)/t10-,12+/m0/s1. The minimum Gasteiger partial charge on any atom is -0.353 e. The lowest BCUT2D eigenvalue weighted by atomic mass is 9.98. The summed E-state index contributed by atoms with van der Waals surface area (Å²) in [4.78, 5) is 16.5. The Morgan fingerprint density at radius 1 is 1.53 bits per heavy atom. The van der Waals surface area contributed by atoms with Crippen LogP contribution < -0.4 is 5.32 Å². The normalized spacial score (nSPS) is 22.3. The Bertz CT molecular complexity index is 447. The number of aromatic nitrogens is 1. The van der Waals surface area contributed by atoms with Crippen molar-refractivity contribution in [2.24, 2.45) is 5.92 Å². The molecule has 2 atom stereocenters. The zero-order valence-corrected chi connectivity index (χ0v) is 13.1. The lowest BCUT2D eigenvalue weighted by Crippen LogP contribution is -2.28. The molecule has 1 amide bonds. The van der Waals surface area contributed by atoms with E-state index in [1.54, 1.807) is 11.3 Å². The minimum absolute atomic E-state index is 0.0715. The van der Waals surface area contributed by atoms with Crippen LogP contribution in [0.3, 0.4) is 0 Å². The highest BCUT2D eigenvalue weighted by Crippen LogP contribution is 2.34. The van der Waals surface area contributed by atoms with Gasteiger partial charge in [0.05, 0.1) is 17.1 Å². The number of amides is 1. The minimum atomic E-state index is 0.0715. The van der Waals surface area contributed by atoms with Crippen LogP contribution in [0.1, 0.15) is 57.7 Å². The molecule has 0 saturated heterocycles. The van der Waals surface area contributed by atoms with Crippen molar-refractivity contribution in [1.82, 2.24) is 10.3 Å². The van der Waals surface area contributed by atoms with Gasteiger partial charge < -0.3 is 5.32 Å². The molecule has 1 saturated carbocycles. The number of hydrogen-bond donors (Lipinski definition) is 1. The molecule has 2 rings (SSSR count). The molecule has 0 radical (unpaired) electrons. The molecule has 0 aliphatic heterocycles. The molecule has 4 heteroatoms. The average Bonchev–Trinajstić information content (AvgIpc) is 2.84. The van der Waals surface area contributed by atoms with Crippen LogP contribution in [0.2, 0.25) is 0 Å². The first-order chi connectivity index (χ1) is 8.90. The molecule has 1 N–H and O–H groups in total. The number of nitrogens with one attached hydrogen (secondary N) is 1. The summed E-state index contributed by atoms with van der Waals surface area (Å²) in [5.74, 6) is 0.837. The van der Waals surface area contributed by atoms with E-state index in [-0.39, 0.29) is 11.3 Å². The molecule has 1 aliphatic carbocycles. The number of thiazole rings is 1. The van der Waals surface area contributed by atoms with Crippen LogP contribution in [0.15, 0.2) is 5.38 Å². The van der Waals surface area contributed by atoms with Gasteiger partial charge in [-0.15, -0.1) is 11.3 Å². The fourth-order valence-electron chi connectivity index (χ4n) is 2.27. The molecule has 0 unspecified atom stereocenters. The zero-order valence-electron chi connectivity index (χ0n) is 12.3. The van der Waals surface area contributed by atoms with Crippen molar-refractivity contribution >= 4 is 17.2 Å². The van der Waals surface area contributed by atoms with Gasteiger partial charge in [-0.2, -0.15) is 0 Å². The van der Waals surface area contributed by atoms with Crippen LogP contribution in [0, 0.1) is 5.92 Å². The van der Waals surface area contributed by atoms with Gasteiger partial charge >= 0.3 is 0 Å². The van der Waals surface area contributed by atoms with Crippen LogP contribution >= 0.6 is 11.3 Å². The van der Waals surface area contributed by atoms with Crippen molar-refractivity contribution in [2.45, 2.75) is 64.8 Å². The third-order valence-corrected chi connectivity index (χ3v) is 4.78. The molecule has 106 valence electrons. The Hall–Kier alpha value is -0.900.